The van der Waals surface area contributed by atoms with Gasteiger partial charge in [0.2, 0.25) is 11.6 Å². The Morgan fingerprint density at radius 2 is 2.14 bits per heavy atom. The number of ether oxygens (including phenoxy) is 1. The number of rotatable bonds is 7. The number of benzene rings is 2. The number of piperidine rings is 1. The van der Waals surface area contributed by atoms with Crippen LogP contribution < -0.4 is 15.9 Å². The molecule has 3 N–H and O–H groups in total. The third-order valence-electron chi connectivity index (χ3n) is 6.48. The van der Waals surface area contributed by atoms with Crippen LogP contribution >= 0.6 is 0 Å². The summed E-state index contributed by atoms with van der Waals surface area (Å²) in [5.74, 6) is 0.379. The molecule has 1 aliphatic rings. The van der Waals surface area contributed by atoms with Gasteiger partial charge < -0.3 is 10.5 Å². The zero-order chi connectivity index (χ0) is 25.1. The number of anilines is 1. The Morgan fingerprint density at radius 3 is 2.92 bits per heavy atom. The van der Waals surface area contributed by atoms with Crippen LogP contribution in [0.2, 0.25) is 0 Å². The lowest BCUT2D eigenvalue weighted by atomic mass is 10.0. The molecular weight excluding hydrogens is 462 g/mol. The van der Waals surface area contributed by atoms with E-state index in [4.69, 9.17) is 15.1 Å². The minimum atomic E-state index is -0.508. The van der Waals surface area contributed by atoms with Crippen molar-refractivity contribution in [1.29, 1.82) is 0 Å². The number of nitrogen functional groups attached to an aromatic ring is 1. The Kier molecular flexibility index (Phi) is 6.58. The Hall–Kier alpha value is -4.32. The maximum atomic E-state index is 13.2. The summed E-state index contributed by atoms with van der Waals surface area (Å²) in [5, 5.41) is 21.9. The number of carbonyl (C=O) groups excluding carboxylic acids is 1. The summed E-state index contributed by atoms with van der Waals surface area (Å²) in [7, 11) is 1.59. The standard InChI is InChI=1S/C24H27N9O3/c1-15-7-5-6-12-32(15)14-19-21(27-31-33(19)23-22(25)29-36-30-23)24(34)28-26-13-18-17-9-4-3-8-16(17)10-11-20(18)35-2/h3-4,8-11,13,15H,5-7,12,14H2,1-2H3,(H2,25,29)(H,28,34)/b26-13+/t15-/m0/s1. The topological polar surface area (TPSA) is 150 Å². The first kappa shape index (κ1) is 23.4. The summed E-state index contributed by atoms with van der Waals surface area (Å²) in [6, 6.07) is 12.1. The van der Waals surface area contributed by atoms with Crippen LogP contribution in [0.25, 0.3) is 16.6 Å². The first-order chi connectivity index (χ1) is 17.6. The van der Waals surface area contributed by atoms with Crippen LogP contribution in [0.4, 0.5) is 5.82 Å². The molecule has 1 amide bonds. The smallest absolute Gasteiger partial charge is 0.293 e. The molecule has 0 unspecified atom stereocenters. The molecule has 0 radical (unpaired) electrons. The summed E-state index contributed by atoms with van der Waals surface area (Å²) < 4.78 is 11.6. The van der Waals surface area contributed by atoms with Crippen molar-refractivity contribution in [2.75, 3.05) is 19.4 Å². The number of likely N-dealkylation sites (tertiary alicyclic amines) is 1. The van der Waals surface area contributed by atoms with Crippen molar-refractivity contribution in [3.63, 3.8) is 0 Å². The molecule has 5 rings (SSSR count). The number of carbonyl (C=O) groups is 1. The average Bonchev–Trinajstić information content (AvgIpc) is 3.51. The van der Waals surface area contributed by atoms with E-state index in [0.29, 0.717) is 24.0 Å². The quantitative estimate of drug-likeness (QED) is 0.295. The Labute approximate surface area is 207 Å². The zero-order valence-corrected chi connectivity index (χ0v) is 20.1. The molecular formula is C24H27N9O3. The van der Waals surface area contributed by atoms with Crippen LogP contribution in [0.15, 0.2) is 46.1 Å². The lowest BCUT2D eigenvalue weighted by molar-refractivity contribution is 0.0945. The molecule has 186 valence electrons. The normalized spacial score (nSPS) is 16.6. The van der Waals surface area contributed by atoms with Gasteiger partial charge in [-0.2, -0.15) is 9.78 Å². The van der Waals surface area contributed by atoms with E-state index in [1.165, 1.54) is 11.1 Å². The largest absolute Gasteiger partial charge is 0.496 e. The number of nitrogens with zero attached hydrogens (tertiary/aromatic N) is 7. The van der Waals surface area contributed by atoms with Gasteiger partial charge in [-0.1, -0.05) is 42.0 Å². The summed E-state index contributed by atoms with van der Waals surface area (Å²) in [6.45, 7) is 3.50. The highest BCUT2D eigenvalue weighted by Gasteiger charge is 2.28. The molecule has 4 aromatic rings. The van der Waals surface area contributed by atoms with Crippen molar-refractivity contribution in [3.05, 3.63) is 53.3 Å². The molecule has 0 bridgehead atoms. The molecule has 0 aliphatic carbocycles. The summed E-state index contributed by atoms with van der Waals surface area (Å²) in [6.07, 6.45) is 4.90. The average molecular weight is 490 g/mol. The van der Waals surface area contributed by atoms with Gasteiger partial charge in [-0.05, 0) is 53.5 Å². The predicted molar refractivity (Wildman–Crippen MR) is 133 cm³/mol. The summed E-state index contributed by atoms with van der Waals surface area (Å²) in [5.41, 5.74) is 9.88. The van der Waals surface area contributed by atoms with Gasteiger partial charge in [0.1, 0.15) is 5.75 Å². The fourth-order valence-electron chi connectivity index (χ4n) is 4.51. The van der Waals surface area contributed by atoms with Crippen LogP contribution in [0.3, 0.4) is 0 Å². The van der Waals surface area contributed by atoms with Crippen LogP contribution in [0.5, 0.6) is 5.75 Å². The first-order valence-corrected chi connectivity index (χ1v) is 11.7. The van der Waals surface area contributed by atoms with Crippen molar-refractivity contribution >= 4 is 28.7 Å². The van der Waals surface area contributed by atoms with Gasteiger partial charge >= 0.3 is 0 Å². The van der Waals surface area contributed by atoms with Gasteiger partial charge in [0.05, 0.1) is 19.0 Å². The number of hydrogen-bond donors (Lipinski definition) is 2. The number of hydrogen-bond acceptors (Lipinski definition) is 10. The molecule has 1 aliphatic heterocycles. The van der Waals surface area contributed by atoms with Crippen LogP contribution in [-0.2, 0) is 6.54 Å². The SMILES string of the molecule is COc1ccc2ccccc2c1/C=N/NC(=O)c1nnn(-c2nonc2N)c1CN1CCCC[C@@H]1C. The summed E-state index contributed by atoms with van der Waals surface area (Å²) >= 11 is 0. The maximum Gasteiger partial charge on any atom is 0.293 e. The van der Waals surface area contributed by atoms with Crippen molar-refractivity contribution < 1.29 is 14.2 Å². The van der Waals surface area contributed by atoms with Crippen molar-refractivity contribution in [2.24, 2.45) is 5.10 Å². The number of fused-ring (bicyclic) bond motifs is 1. The van der Waals surface area contributed by atoms with Gasteiger partial charge in [0.15, 0.2) is 5.69 Å². The van der Waals surface area contributed by atoms with E-state index >= 15 is 0 Å². The van der Waals surface area contributed by atoms with Gasteiger partial charge in [-0.25, -0.2) is 10.1 Å². The fourth-order valence-corrected chi connectivity index (χ4v) is 4.51. The van der Waals surface area contributed by atoms with E-state index in [1.54, 1.807) is 13.3 Å². The zero-order valence-electron chi connectivity index (χ0n) is 20.1. The predicted octanol–water partition coefficient (Wildman–Crippen LogP) is 2.53. The molecule has 3 heterocycles. The van der Waals surface area contributed by atoms with Crippen LogP contribution in [0, 0.1) is 0 Å². The third-order valence-corrected chi connectivity index (χ3v) is 6.48. The second-order valence-electron chi connectivity index (χ2n) is 8.69. The number of hydrazone groups is 1. The fraction of sp³-hybridized carbons (Fsp3) is 0.333. The monoisotopic (exact) mass is 489 g/mol. The van der Waals surface area contributed by atoms with E-state index in [0.717, 1.165) is 35.7 Å². The number of nitrogens with one attached hydrogen (secondary N) is 1. The molecule has 0 saturated carbocycles. The van der Waals surface area contributed by atoms with Gasteiger partial charge in [-0.15, -0.1) is 5.10 Å². The molecule has 1 saturated heterocycles. The molecule has 1 fully saturated rings. The molecule has 2 aromatic carbocycles. The van der Waals surface area contributed by atoms with Gasteiger partial charge in [0.25, 0.3) is 5.91 Å². The molecule has 12 nitrogen and oxygen atoms in total. The number of methoxy groups -OCH3 is 1. The minimum Gasteiger partial charge on any atom is -0.496 e. The van der Waals surface area contributed by atoms with Crippen molar-refractivity contribution in [3.8, 4) is 11.6 Å². The number of amides is 1. The highest BCUT2D eigenvalue weighted by Crippen LogP contribution is 2.26. The molecule has 12 heteroatoms. The van der Waals surface area contributed by atoms with Crippen molar-refractivity contribution in [2.45, 2.75) is 38.8 Å². The highest BCUT2D eigenvalue weighted by atomic mass is 16.6. The number of aromatic nitrogens is 5. The molecule has 1 atom stereocenters. The lowest BCUT2D eigenvalue weighted by Gasteiger charge is -2.33. The Bertz CT molecular complexity index is 1410. The van der Waals surface area contributed by atoms with E-state index in [2.05, 4.69) is 43.0 Å². The van der Waals surface area contributed by atoms with Gasteiger partial charge in [-0.3, -0.25) is 9.69 Å². The summed E-state index contributed by atoms with van der Waals surface area (Å²) in [4.78, 5) is 15.5. The maximum absolute atomic E-state index is 13.2. The second-order valence-corrected chi connectivity index (χ2v) is 8.69. The molecule has 2 aromatic heterocycles. The minimum absolute atomic E-state index is 0.0564. The van der Waals surface area contributed by atoms with Crippen LogP contribution in [0.1, 0.15) is 47.9 Å². The highest BCUT2D eigenvalue weighted by molar-refractivity contribution is 6.03. The molecule has 36 heavy (non-hydrogen) atoms. The lowest BCUT2D eigenvalue weighted by Crippen LogP contribution is -2.38. The first-order valence-electron chi connectivity index (χ1n) is 11.7. The number of nitrogens with two attached hydrogens (primary N) is 1. The van der Waals surface area contributed by atoms with Crippen molar-refractivity contribution in [1.82, 2.24) is 35.6 Å². The molecule has 0 spiro atoms. The van der Waals surface area contributed by atoms with E-state index < -0.39 is 5.91 Å². The van der Waals surface area contributed by atoms with Crippen LogP contribution in [-0.4, -0.2) is 62.0 Å². The second kappa shape index (κ2) is 10.1. The van der Waals surface area contributed by atoms with E-state index in [9.17, 15) is 4.79 Å². The van der Waals surface area contributed by atoms with E-state index in [-0.39, 0.29) is 17.3 Å². The van der Waals surface area contributed by atoms with Gasteiger partial charge in [0, 0.05) is 18.2 Å². The Morgan fingerprint density at radius 1 is 1.28 bits per heavy atom. The third kappa shape index (κ3) is 4.50. The van der Waals surface area contributed by atoms with E-state index in [1.807, 2.05) is 36.4 Å². The Balaban J connectivity index is 1.44.